The van der Waals surface area contributed by atoms with E-state index in [1.807, 2.05) is 24.3 Å². The lowest BCUT2D eigenvalue weighted by atomic mass is 9.86. The van der Waals surface area contributed by atoms with E-state index in [2.05, 4.69) is 4.98 Å². The normalized spacial score (nSPS) is 20.4. The van der Waals surface area contributed by atoms with Gasteiger partial charge in [-0.1, -0.05) is 18.2 Å². The molecule has 1 N–H and O–H groups in total. The lowest BCUT2D eigenvalue weighted by molar-refractivity contribution is -0.384. The van der Waals surface area contributed by atoms with Gasteiger partial charge in [0.2, 0.25) is 11.8 Å². The van der Waals surface area contributed by atoms with E-state index in [0.29, 0.717) is 19.6 Å². The molecule has 2 atom stereocenters. The number of rotatable bonds is 5. The SMILES string of the molecule is COCCN1CC(=O)N2[C@H](c3ccc([N+](=O)[O-])cc3)c3[nH]c4ccccc4c3C[C@@H]2C1=O. The summed E-state index contributed by atoms with van der Waals surface area (Å²) in [7, 11) is 1.56. The van der Waals surface area contributed by atoms with Gasteiger partial charge in [-0.25, -0.2) is 0 Å². The van der Waals surface area contributed by atoms with Gasteiger partial charge in [0.05, 0.1) is 24.1 Å². The number of H-pyrrole nitrogens is 1. The van der Waals surface area contributed by atoms with E-state index < -0.39 is 17.0 Å². The summed E-state index contributed by atoms with van der Waals surface area (Å²) < 4.78 is 5.11. The van der Waals surface area contributed by atoms with E-state index in [1.165, 1.54) is 12.1 Å². The van der Waals surface area contributed by atoms with Gasteiger partial charge in [0.1, 0.15) is 6.04 Å². The average Bonchev–Trinajstić information content (AvgIpc) is 3.17. The number of carbonyl (C=O) groups is 2. The monoisotopic (exact) mass is 434 g/mol. The number of piperazine rings is 1. The number of amides is 2. The fourth-order valence-corrected chi connectivity index (χ4v) is 4.84. The second-order valence-corrected chi connectivity index (χ2v) is 8.09. The fourth-order valence-electron chi connectivity index (χ4n) is 4.84. The molecule has 0 bridgehead atoms. The smallest absolute Gasteiger partial charge is 0.269 e. The van der Waals surface area contributed by atoms with Gasteiger partial charge in [-0.2, -0.15) is 0 Å². The highest BCUT2D eigenvalue weighted by Gasteiger charge is 2.48. The number of ether oxygens (including phenoxy) is 1. The van der Waals surface area contributed by atoms with Gasteiger partial charge in [0, 0.05) is 48.8 Å². The van der Waals surface area contributed by atoms with Crippen molar-refractivity contribution in [2.45, 2.75) is 18.5 Å². The maximum atomic E-state index is 13.4. The highest BCUT2D eigenvalue weighted by Crippen LogP contribution is 2.42. The van der Waals surface area contributed by atoms with Crippen LogP contribution in [0.1, 0.15) is 22.9 Å². The van der Waals surface area contributed by atoms with Crippen LogP contribution in [-0.2, 0) is 20.7 Å². The molecule has 3 heterocycles. The molecule has 164 valence electrons. The van der Waals surface area contributed by atoms with Crippen LogP contribution in [0.4, 0.5) is 5.69 Å². The van der Waals surface area contributed by atoms with Crippen LogP contribution in [0.25, 0.3) is 10.9 Å². The van der Waals surface area contributed by atoms with Gasteiger partial charge >= 0.3 is 0 Å². The number of methoxy groups -OCH3 is 1. The Balaban J connectivity index is 1.65. The molecule has 2 aliphatic rings. The molecule has 3 aromatic rings. The second kappa shape index (κ2) is 7.76. The summed E-state index contributed by atoms with van der Waals surface area (Å²) in [6.45, 7) is 0.696. The summed E-state index contributed by atoms with van der Waals surface area (Å²) in [6.07, 6.45) is 0.414. The Morgan fingerprint density at radius 3 is 2.62 bits per heavy atom. The van der Waals surface area contributed by atoms with Crippen LogP contribution in [0.3, 0.4) is 0 Å². The van der Waals surface area contributed by atoms with Crippen molar-refractivity contribution < 1.29 is 19.2 Å². The van der Waals surface area contributed by atoms with Crippen molar-refractivity contribution in [3.63, 3.8) is 0 Å². The zero-order valence-electron chi connectivity index (χ0n) is 17.5. The Labute approximate surface area is 183 Å². The Kier molecular flexibility index (Phi) is 4.90. The highest BCUT2D eigenvalue weighted by molar-refractivity contribution is 5.97. The molecular weight excluding hydrogens is 412 g/mol. The summed E-state index contributed by atoms with van der Waals surface area (Å²) in [5.41, 5.74) is 3.48. The third-order valence-electron chi connectivity index (χ3n) is 6.33. The lowest BCUT2D eigenvalue weighted by Crippen LogP contribution is -2.63. The molecule has 0 spiro atoms. The van der Waals surface area contributed by atoms with Crippen molar-refractivity contribution in [2.24, 2.45) is 0 Å². The van der Waals surface area contributed by atoms with Crippen molar-refractivity contribution >= 4 is 28.4 Å². The molecule has 9 heteroatoms. The number of non-ortho nitro benzene ring substituents is 1. The number of hydrogen-bond acceptors (Lipinski definition) is 5. The number of aromatic amines is 1. The number of nitrogens with one attached hydrogen (secondary N) is 1. The summed E-state index contributed by atoms with van der Waals surface area (Å²) in [5.74, 6) is -0.261. The molecule has 1 fully saturated rings. The number of fused-ring (bicyclic) bond motifs is 4. The molecule has 1 aromatic heterocycles. The number of benzene rings is 2. The van der Waals surface area contributed by atoms with Crippen molar-refractivity contribution in [3.05, 3.63) is 75.5 Å². The zero-order chi connectivity index (χ0) is 22.4. The van der Waals surface area contributed by atoms with Crippen LogP contribution in [0.2, 0.25) is 0 Å². The van der Waals surface area contributed by atoms with Crippen LogP contribution in [0, 0.1) is 10.1 Å². The number of hydrogen-bond donors (Lipinski definition) is 1. The van der Waals surface area contributed by atoms with Crippen molar-refractivity contribution in [1.82, 2.24) is 14.8 Å². The molecule has 1 saturated heterocycles. The molecule has 2 aliphatic heterocycles. The molecule has 5 rings (SSSR count). The molecule has 9 nitrogen and oxygen atoms in total. The van der Waals surface area contributed by atoms with E-state index in [-0.39, 0.29) is 24.0 Å². The summed E-state index contributed by atoms with van der Waals surface area (Å²) in [5, 5.41) is 12.1. The number of aromatic nitrogens is 1. The first-order valence-corrected chi connectivity index (χ1v) is 10.4. The van der Waals surface area contributed by atoms with Gasteiger partial charge < -0.3 is 19.5 Å². The Morgan fingerprint density at radius 2 is 1.91 bits per heavy atom. The first-order valence-electron chi connectivity index (χ1n) is 10.4. The molecular formula is C23H22N4O5. The summed E-state index contributed by atoms with van der Waals surface area (Å²) in [4.78, 5) is 44.0. The van der Waals surface area contributed by atoms with Crippen LogP contribution in [0.5, 0.6) is 0 Å². The maximum Gasteiger partial charge on any atom is 0.269 e. The molecule has 0 unspecified atom stereocenters. The highest BCUT2D eigenvalue weighted by atomic mass is 16.6. The Hall–Kier alpha value is -3.72. The molecule has 2 aromatic carbocycles. The van der Waals surface area contributed by atoms with E-state index in [4.69, 9.17) is 4.74 Å². The van der Waals surface area contributed by atoms with Gasteiger partial charge in [0.15, 0.2) is 0 Å². The van der Waals surface area contributed by atoms with Crippen LogP contribution in [0.15, 0.2) is 48.5 Å². The van der Waals surface area contributed by atoms with Crippen LogP contribution in [-0.4, -0.2) is 64.4 Å². The Bertz CT molecular complexity index is 1220. The molecule has 0 saturated carbocycles. The molecule has 0 aliphatic carbocycles. The Morgan fingerprint density at radius 1 is 1.16 bits per heavy atom. The van der Waals surface area contributed by atoms with Gasteiger partial charge in [-0.05, 0) is 29.3 Å². The minimum Gasteiger partial charge on any atom is -0.383 e. The molecule has 0 radical (unpaired) electrons. The van der Waals surface area contributed by atoms with Crippen LogP contribution < -0.4 is 0 Å². The van der Waals surface area contributed by atoms with Crippen molar-refractivity contribution in [1.29, 1.82) is 0 Å². The largest absolute Gasteiger partial charge is 0.383 e. The van der Waals surface area contributed by atoms with Crippen molar-refractivity contribution in [2.75, 3.05) is 26.8 Å². The lowest BCUT2D eigenvalue weighted by Gasteiger charge is -2.47. The topological polar surface area (TPSA) is 109 Å². The number of carbonyl (C=O) groups excluding carboxylic acids is 2. The van der Waals surface area contributed by atoms with E-state index >= 15 is 0 Å². The van der Waals surface area contributed by atoms with Gasteiger partial charge in [-0.3, -0.25) is 19.7 Å². The third-order valence-corrected chi connectivity index (χ3v) is 6.33. The number of nitrogens with zero attached hydrogens (tertiary/aromatic N) is 3. The van der Waals surface area contributed by atoms with Gasteiger partial charge in [0.25, 0.3) is 5.69 Å². The second-order valence-electron chi connectivity index (χ2n) is 8.09. The summed E-state index contributed by atoms with van der Waals surface area (Å²) in [6, 6.07) is 12.9. The zero-order valence-corrected chi connectivity index (χ0v) is 17.5. The first-order chi connectivity index (χ1) is 15.5. The number of para-hydroxylation sites is 1. The predicted molar refractivity (Wildman–Crippen MR) is 116 cm³/mol. The quantitative estimate of drug-likeness (QED) is 0.490. The molecule has 2 amide bonds. The standard InChI is InChI=1S/C23H22N4O5/c1-32-11-10-25-13-20(28)26-19(23(25)29)12-17-16-4-2-3-5-18(16)24-21(17)22(26)14-6-8-15(9-7-14)27(30)31/h2-9,19,22,24H,10-13H2,1H3/t19-,22-/m1/s1. The average molecular weight is 434 g/mol. The fraction of sp³-hybridized carbons (Fsp3) is 0.304. The van der Waals surface area contributed by atoms with E-state index in [9.17, 15) is 19.7 Å². The van der Waals surface area contributed by atoms with Crippen LogP contribution >= 0.6 is 0 Å². The number of nitro groups is 1. The van der Waals surface area contributed by atoms with Gasteiger partial charge in [-0.15, -0.1) is 0 Å². The first kappa shape index (κ1) is 20.2. The summed E-state index contributed by atoms with van der Waals surface area (Å²) >= 11 is 0. The minimum atomic E-state index is -0.639. The van der Waals surface area contributed by atoms with Crippen molar-refractivity contribution in [3.8, 4) is 0 Å². The predicted octanol–water partition coefficient (Wildman–Crippen LogP) is 2.41. The maximum absolute atomic E-state index is 13.4. The third kappa shape index (κ3) is 3.13. The minimum absolute atomic E-state index is 0.0161. The molecule has 32 heavy (non-hydrogen) atoms. The van der Waals surface area contributed by atoms with E-state index in [1.54, 1.807) is 29.0 Å². The number of nitro benzene ring substituents is 1. The van der Waals surface area contributed by atoms with E-state index in [0.717, 1.165) is 27.7 Å².